The minimum absolute atomic E-state index is 0.0593. The van der Waals surface area contributed by atoms with Crippen molar-refractivity contribution in [2.45, 2.75) is 25.0 Å². The lowest BCUT2D eigenvalue weighted by Crippen LogP contribution is -2.37. The first-order valence-electron chi connectivity index (χ1n) is 9.15. The summed E-state index contributed by atoms with van der Waals surface area (Å²) in [5.74, 6) is -1.74. The lowest BCUT2D eigenvalue weighted by atomic mass is 9.95. The van der Waals surface area contributed by atoms with Gasteiger partial charge in [0.15, 0.2) is 5.76 Å². The van der Waals surface area contributed by atoms with Crippen LogP contribution in [0.2, 0.25) is 0 Å². The molecule has 8 nitrogen and oxygen atoms in total. The van der Waals surface area contributed by atoms with Crippen LogP contribution in [0.4, 0.5) is 5.69 Å². The van der Waals surface area contributed by atoms with Crippen LogP contribution < -0.4 is 0 Å². The number of aliphatic hydroxyl groups is 1. The quantitative estimate of drug-likeness (QED) is 0.441. The number of amides is 1. The number of Topliss-reactive ketones (excluding diaryl/α,β-unsaturated/α-hetero) is 1. The minimum atomic E-state index is -0.916. The number of benzene rings is 1. The van der Waals surface area contributed by atoms with Crippen LogP contribution in [0.15, 0.2) is 53.1 Å². The maximum Gasteiger partial charge on any atom is 0.290 e. The monoisotopic (exact) mass is 414 g/mol. The third kappa shape index (κ3) is 3.54. The Kier molecular flexibility index (Phi) is 5.16. The molecule has 0 radical (unpaired) electrons. The van der Waals surface area contributed by atoms with E-state index in [1.165, 1.54) is 34.4 Å². The van der Waals surface area contributed by atoms with Crippen molar-refractivity contribution < 1.29 is 24.4 Å². The molecule has 1 fully saturated rings. The number of non-ortho nitro benzene ring substituents is 1. The van der Waals surface area contributed by atoms with E-state index in [9.17, 15) is 24.8 Å². The van der Waals surface area contributed by atoms with E-state index in [4.69, 9.17) is 4.74 Å². The van der Waals surface area contributed by atoms with Gasteiger partial charge in [-0.3, -0.25) is 19.7 Å². The molecule has 2 aromatic rings. The van der Waals surface area contributed by atoms with E-state index in [2.05, 4.69) is 0 Å². The van der Waals surface area contributed by atoms with Gasteiger partial charge in [0, 0.05) is 25.3 Å². The number of ketones is 1. The smallest absolute Gasteiger partial charge is 0.290 e. The van der Waals surface area contributed by atoms with Gasteiger partial charge in [0.1, 0.15) is 0 Å². The number of rotatable bonds is 6. The summed E-state index contributed by atoms with van der Waals surface area (Å²) >= 11 is 1.20. The van der Waals surface area contributed by atoms with Crippen LogP contribution in [0, 0.1) is 10.1 Å². The molecule has 2 aliphatic rings. The molecule has 2 aliphatic heterocycles. The first kappa shape index (κ1) is 19.3. The summed E-state index contributed by atoms with van der Waals surface area (Å²) in [7, 11) is 0. The average Bonchev–Trinajstić information content (AvgIpc) is 3.46. The van der Waals surface area contributed by atoms with Gasteiger partial charge in [-0.1, -0.05) is 18.2 Å². The standard InChI is InChI=1S/C20H18N2O6S/c23-18(15-7-3-9-29-15)16-17(12-4-1-5-13(10-12)22(26)27)21(20(25)19(16)24)11-14-6-2-8-28-14/h1,3-5,7,9-10,14,17,24H,2,6,8,11H2/t14-,17+/m0/s1. The highest BCUT2D eigenvalue weighted by molar-refractivity contribution is 7.12. The van der Waals surface area contributed by atoms with Crippen molar-refractivity contribution in [3.63, 3.8) is 0 Å². The van der Waals surface area contributed by atoms with Crippen molar-refractivity contribution in [2.24, 2.45) is 0 Å². The fourth-order valence-corrected chi connectivity index (χ4v) is 4.45. The Bertz CT molecular complexity index is 994. The predicted molar refractivity (Wildman–Crippen MR) is 105 cm³/mol. The van der Waals surface area contributed by atoms with Crippen LogP contribution in [0.1, 0.15) is 34.1 Å². The number of hydrogen-bond acceptors (Lipinski definition) is 7. The summed E-state index contributed by atoms with van der Waals surface area (Å²) in [6, 6.07) is 8.21. The van der Waals surface area contributed by atoms with Gasteiger partial charge in [-0.15, -0.1) is 11.3 Å². The number of hydrogen-bond donors (Lipinski definition) is 1. The second-order valence-corrected chi connectivity index (χ2v) is 7.86. The Morgan fingerprint density at radius 2 is 2.17 bits per heavy atom. The number of nitro groups is 1. The molecule has 0 spiro atoms. The third-order valence-electron chi connectivity index (χ3n) is 5.11. The number of nitro benzene ring substituents is 1. The Hall–Kier alpha value is -3.04. The number of ether oxygens (including phenoxy) is 1. The molecule has 2 atom stereocenters. The maximum atomic E-state index is 13.1. The number of carbonyl (C=O) groups excluding carboxylic acids is 2. The Labute approximate surface area is 170 Å². The molecule has 1 N–H and O–H groups in total. The second kappa shape index (κ2) is 7.76. The fraction of sp³-hybridized carbons (Fsp3) is 0.300. The van der Waals surface area contributed by atoms with Gasteiger partial charge in [0.05, 0.1) is 27.5 Å². The normalized spacial score (nSPS) is 21.8. The molecule has 29 heavy (non-hydrogen) atoms. The zero-order valence-electron chi connectivity index (χ0n) is 15.3. The fourth-order valence-electron chi connectivity index (χ4n) is 3.78. The van der Waals surface area contributed by atoms with Gasteiger partial charge in [-0.05, 0) is 29.9 Å². The zero-order valence-corrected chi connectivity index (χ0v) is 16.1. The van der Waals surface area contributed by atoms with Crippen molar-refractivity contribution >= 4 is 28.7 Å². The van der Waals surface area contributed by atoms with Crippen molar-refractivity contribution in [1.29, 1.82) is 0 Å². The number of nitrogens with zero attached hydrogens (tertiary/aromatic N) is 2. The molecule has 1 saturated heterocycles. The summed E-state index contributed by atoms with van der Waals surface area (Å²) in [5, 5.41) is 23.5. The van der Waals surface area contributed by atoms with Crippen LogP contribution in [0.25, 0.3) is 0 Å². The average molecular weight is 414 g/mol. The van der Waals surface area contributed by atoms with Crippen LogP contribution in [0.3, 0.4) is 0 Å². The van der Waals surface area contributed by atoms with E-state index < -0.39 is 28.4 Å². The first-order chi connectivity index (χ1) is 14.0. The number of carbonyl (C=O) groups is 2. The van der Waals surface area contributed by atoms with Crippen molar-refractivity contribution in [3.8, 4) is 0 Å². The molecule has 4 rings (SSSR count). The van der Waals surface area contributed by atoms with E-state index in [1.807, 2.05) is 0 Å². The largest absolute Gasteiger partial charge is 0.503 e. The molecule has 0 bridgehead atoms. The van der Waals surface area contributed by atoms with Crippen LogP contribution in [-0.4, -0.2) is 45.9 Å². The molecular weight excluding hydrogens is 396 g/mol. The predicted octanol–water partition coefficient (Wildman–Crippen LogP) is 3.41. The van der Waals surface area contributed by atoms with Gasteiger partial charge in [0.25, 0.3) is 11.6 Å². The highest BCUT2D eigenvalue weighted by Crippen LogP contribution is 2.40. The molecule has 1 aromatic carbocycles. The number of aliphatic hydroxyl groups excluding tert-OH is 1. The van der Waals surface area contributed by atoms with Crippen LogP contribution >= 0.6 is 11.3 Å². The summed E-state index contributed by atoms with van der Waals surface area (Å²) < 4.78 is 5.63. The molecule has 150 valence electrons. The zero-order chi connectivity index (χ0) is 20.5. The Morgan fingerprint density at radius 3 is 2.83 bits per heavy atom. The molecule has 0 saturated carbocycles. The molecule has 9 heteroatoms. The molecule has 1 aromatic heterocycles. The highest BCUT2D eigenvalue weighted by atomic mass is 32.1. The first-order valence-corrected chi connectivity index (χ1v) is 10.0. The molecule has 0 unspecified atom stereocenters. The lowest BCUT2D eigenvalue weighted by Gasteiger charge is -2.28. The second-order valence-electron chi connectivity index (χ2n) is 6.92. The maximum absolute atomic E-state index is 13.1. The van der Waals surface area contributed by atoms with Crippen LogP contribution in [-0.2, 0) is 9.53 Å². The van der Waals surface area contributed by atoms with E-state index in [1.54, 1.807) is 23.6 Å². The SMILES string of the molecule is O=C(C1=C(O)C(=O)N(C[C@@H]2CCCO2)[C@@H]1c1cccc([N+](=O)[O-])c1)c1cccs1. The van der Waals surface area contributed by atoms with Crippen molar-refractivity contribution in [2.75, 3.05) is 13.2 Å². The molecule has 3 heterocycles. The van der Waals surface area contributed by atoms with Gasteiger partial charge in [0.2, 0.25) is 5.78 Å². The molecule has 1 amide bonds. The Balaban J connectivity index is 1.79. The summed E-state index contributed by atoms with van der Waals surface area (Å²) in [6.45, 7) is 0.784. The third-order valence-corrected chi connectivity index (χ3v) is 5.98. The molecule has 0 aliphatic carbocycles. The summed E-state index contributed by atoms with van der Waals surface area (Å²) in [5.41, 5.74) is 0.187. The van der Waals surface area contributed by atoms with Crippen molar-refractivity contribution in [3.05, 3.63) is 73.7 Å². The van der Waals surface area contributed by atoms with E-state index >= 15 is 0 Å². The summed E-state index contributed by atoms with van der Waals surface area (Å²) in [4.78, 5) is 38.4. The number of thiophene rings is 1. The van der Waals surface area contributed by atoms with Crippen LogP contribution in [0.5, 0.6) is 0 Å². The van der Waals surface area contributed by atoms with Crippen molar-refractivity contribution in [1.82, 2.24) is 4.90 Å². The Morgan fingerprint density at radius 1 is 1.34 bits per heavy atom. The van der Waals surface area contributed by atoms with E-state index in [0.717, 1.165) is 12.8 Å². The van der Waals surface area contributed by atoms with Gasteiger partial charge in [-0.25, -0.2) is 0 Å². The lowest BCUT2D eigenvalue weighted by molar-refractivity contribution is -0.384. The van der Waals surface area contributed by atoms with Gasteiger partial charge in [-0.2, -0.15) is 0 Å². The minimum Gasteiger partial charge on any atom is -0.503 e. The van der Waals surface area contributed by atoms with E-state index in [0.29, 0.717) is 17.0 Å². The highest BCUT2D eigenvalue weighted by Gasteiger charge is 2.45. The topological polar surface area (TPSA) is 110 Å². The van der Waals surface area contributed by atoms with Gasteiger partial charge >= 0.3 is 0 Å². The van der Waals surface area contributed by atoms with Gasteiger partial charge < -0.3 is 14.7 Å². The molecular formula is C20H18N2O6S. The summed E-state index contributed by atoms with van der Waals surface area (Å²) in [6.07, 6.45) is 1.43. The van der Waals surface area contributed by atoms with E-state index in [-0.39, 0.29) is 23.9 Å².